The molecule has 2 unspecified atom stereocenters. The molecule has 0 saturated heterocycles. The number of carbonyl (C=O) groups excluding carboxylic acids is 1. The first kappa shape index (κ1) is 25.9. The molecule has 9 heteroatoms. The number of amidine groups is 1. The van der Waals surface area contributed by atoms with Crippen LogP contribution >= 0.6 is 0 Å². The number of nitrogens with one attached hydrogen (secondary N) is 2. The molecule has 8 N–H and O–H groups in total. The number of primary sulfonamides is 1. The number of nitrogen functional groups attached to an aromatic ring is 1. The van der Waals surface area contributed by atoms with Crippen LogP contribution in [0.3, 0.4) is 0 Å². The lowest BCUT2D eigenvalue weighted by Gasteiger charge is -2.24. The van der Waals surface area contributed by atoms with E-state index in [1.807, 2.05) is 42.5 Å². The molecule has 2 amide bonds. The van der Waals surface area contributed by atoms with Crippen LogP contribution < -0.4 is 21.9 Å². The number of benzene rings is 3. The third-order valence-electron chi connectivity index (χ3n) is 6.01. The van der Waals surface area contributed by atoms with Crippen molar-refractivity contribution < 1.29 is 13.2 Å². The standard InChI is InChI=1S/C26H31N5O3S/c1-2-18(16-22(31-26(29)32)15-17-6-5-7-21(14-17)25(27)28)19-10-12-20(13-11-19)23-8-3-4-9-24(23)35(30,33)34/h3-14,18,22H,2,15-16H2,1H3,(H3,27,28)(H3,29,31,32)(H2,30,33,34). The molecule has 184 valence electrons. The van der Waals surface area contributed by atoms with Crippen LogP contribution in [-0.2, 0) is 16.4 Å². The summed E-state index contributed by atoms with van der Waals surface area (Å²) in [6, 6.07) is 20.9. The number of hydrogen-bond donors (Lipinski definition) is 5. The number of carbonyl (C=O) groups is 1. The predicted molar refractivity (Wildman–Crippen MR) is 139 cm³/mol. The lowest BCUT2D eigenvalue weighted by molar-refractivity contribution is 0.243. The minimum absolute atomic E-state index is 0.0122. The molecule has 35 heavy (non-hydrogen) atoms. The van der Waals surface area contributed by atoms with Gasteiger partial charge in [-0.1, -0.05) is 67.6 Å². The summed E-state index contributed by atoms with van der Waals surface area (Å²) < 4.78 is 24.0. The van der Waals surface area contributed by atoms with Crippen molar-refractivity contribution >= 4 is 21.9 Å². The minimum Gasteiger partial charge on any atom is -0.384 e. The van der Waals surface area contributed by atoms with Gasteiger partial charge in [-0.05, 0) is 54.0 Å². The van der Waals surface area contributed by atoms with Crippen LogP contribution in [0.25, 0.3) is 11.1 Å². The molecule has 0 aliphatic rings. The molecule has 8 nitrogen and oxygen atoms in total. The zero-order chi connectivity index (χ0) is 25.6. The first-order valence-electron chi connectivity index (χ1n) is 11.3. The van der Waals surface area contributed by atoms with Crippen molar-refractivity contribution in [1.82, 2.24) is 5.32 Å². The van der Waals surface area contributed by atoms with Crippen molar-refractivity contribution in [2.45, 2.75) is 43.0 Å². The Morgan fingerprint density at radius 1 is 1.00 bits per heavy atom. The van der Waals surface area contributed by atoms with Gasteiger partial charge in [0, 0.05) is 17.2 Å². The fraction of sp³-hybridized carbons (Fsp3) is 0.231. The predicted octanol–water partition coefficient (Wildman–Crippen LogP) is 3.45. The van der Waals surface area contributed by atoms with E-state index in [-0.39, 0.29) is 22.7 Å². The summed E-state index contributed by atoms with van der Waals surface area (Å²) in [5, 5.41) is 15.9. The van der Waals surface area contributed by atoms with E-state index in [0.717, 1.165) is 23.1 Å². The van der Waals surface area contributed by atoms with Gasteiger partial charge in [-0.2, -0.15) is 0 Å². The Morgan fingerprint density at radius 3 is 2.29 bits per heavy atom. The van der Waals surface area contributed by atoms with Crippen LogP contribution in [0.1, 0.15) is 42.4 Å². The van der Waals surface area contributed by atoms with E-state index in [4.69, 9.17) is 22.0 Å². The Labute approximate surface area is 206 Å². The van der Waals surface area contributed by atoms with Gasteiger partial charge in [0.15, 0.2) is 0 Å². The van der Waals surface area contributed by atoms with Crippen LogP contribution in [0.4, 0.5) is 4.79 Å². The summed E-state index contributed by atoms with van der Waals surface area (Å²) in [6.45, 7) is 2.08. The van der Waals surface area contributed by atoms with E-state index in [9.17, 15) is 13.2 Å². The average Bonchev–Trinajstić information content (AvgIpc) is 2.82. The normalized spacial score (nSPS) is 13.1. The van der Waals surface area contributed by atoms with Gasteiger partial charge in [0.05, 0.1) is 4.90 Å². The Hall–Kier alpha value is -3.69. The lowest BCUT2D eigenvalue weighted by atomic mass is 9.87. The molecule has 3 rings (SSSR count). The third-order valence-corrected chi connectivity index (χ3v) is 6.98. The van der Waals surface area contributed by atoms with Crippen LogP contribution in [-0.4, -0.2) is 26.3 Å². The Balaban J connectivity index is 1.83. The second kappa shape index (κ2) is 11.2. The number of rotatable bonds is 10. The molecule has 3 aromatic carbocycles. The van der Waals surface area contributed by atoms with Crippen LogP contribution in [0.5, 0.6) is 0 Å². The summed E-state index contributed by atoms with van der Waals surface area (Å²) in [4.78, 5) is 11.8. The molecule has 3 aromatic rings. The van der Waals surface area contributed by atoms with E-state index in [1.165, 1.54) is 6.07 Å². The fourth-order valence-electron chi connectivity index (χ4n) is 4.31. The molecule has 0 aromatic heterocycles. The summed E-state index contributed by atoms with van der Waals surface area (Å²) in [6.07, 6.45) is 2.02. The lowest BCUT2D eigenvalue weighted by Crippen LogP contribution is -2.40. The molecule has 0 saturated carbocycles. The SMILES string of the molecule is CCC(CC(Cc1cccc(C(=N)N)c1)NC(N)=O)c1ccc(-c2ccccc2S(N)(=O)=O)cc1. The van der Waals surface area contributed by atoms with Gasteiger partial charge in [0.25, 0.3) is 0 Å². The van der Waals surface area contributed by atoms with E-state index >= 15 is 0 Å². The molecule has 0 radical (unpaired) electrons. The van der Waals surface area contributed by atoms with Gasteiger partial charge in [0.2, 0.25) is 10.0 Å². The van der Waals surface area contributed by atoms with Crippen molar-refractivity contribution in [2.24, 2.45) is 16.6 Å². The van der Waals surface area contributed by atoms with Gasteiger partial charge >= 0.3 is 6.03 Å². The Bertz CT molecular complexity index is 1310. The highest BCUT2D eigenvalue weighted by atomic mass is 32.2. The van der Waals surface area contributed by atoms with E-state index in [1.54, 1.807) is 24.3 Å². The van der Waals surface area contributed by atoms with Crippen LogP contribution in [0.2, 0.25) is 0 Å². The number of urea groups is 1. The largest absolute Gasteiger partial charge is 0.384 e. The van der Waals surface area contributed by atoms with Gasteiger partial charge < -0.3 is 16.8 Å². The minimum atomic E-state index is -3.85. The smallest absolute Gasteiger partial charge is 0.312 e. The van der Waals surface area contributed by atoms with Crippen molar-refractivity contribution in [2.75, 3.05) is 0 Å². The molecule has 2 atom stereocenters. The number of sulfonamides is 1. The molecule has 0 bridgehead atoms. The maximum Gasteiger partial charge on any atom is 0.312 e. The highest BCUT2D eigenvalue weighted by Gasteiger charge is 2.20. The number of primary amides is 1. The van der Waals surface area contributed by atoms with E-state index in [2.05, 4.69) is 12.2 Å². The summed E-state index contributed by atoms with van der Waals surface area (Å²) >= 11 is 0. The molecule has 0 aliphatic heterocycles. The number of hydrogen-bond acceptors (Lipinski definition) is 4. The second-order valence-electron chi connectivity index (χ2n) is 8.53. The Kier molecular flexibility index (Phi) is 8.26. The van der Waals surface area contributed by atoms with Crippen molar-refractivity contribution in [1.29, 1.82) is 5.41 Å². The molecule has 0 spiro atoms. The number of amides is 2. The summed E-state index contributed by atoms with van der Waals surface area (Å²) in [7, 11) is -3.85. The molecule has 0 heterocycles. The van der Waals surface area contributed by atoms with Crippen LogP contribution in [0.15, 0.2) is 77.7 Å². The van der Waals surface area contributed by atoms with E-state index < -0.39 is 16.1 Å². The van der Waals surface area contributed by atoms with Gasteiger partial charge in [-0.15, -0.1) is 0 Å². The van der Waals surface area contributed by atoms with Gasteiger partial charge in [-0.25, -0.2) is 18.4 Å². The van der Waals surface area contributed by atoms with Crippen LogP contribution in [0, 0.1) is 5.41 Å². The number of nitrogens with two attached hydrogens (primary N) is 3. The highest BCUT2D eigenvalue weighted by Crippen LogP contribution is 2.31. The maximum atomic E-state index is 12.0. The molecular formula is C26H31N5O3S. The Morgan fingerprint density at radius 2 is 1.69 bits per heavy atom. The zero-order valence-corrected chi connectivity index (χ0v) is 20.4. The zero-order valence-electron chi connectivity index (χ0n) is 19.6. The highest BCUT2D eigenvalue weighted by molar-refractivity contribution is 7.89. The average molecular weight is 494 g/mol. The summed E-state index contributed by atoms with van der Waals surface area (Å²) in [5.74, 6) is 0.118. The molecule has 0 fully saturated rings. The van der Waals surface area contributed by atoms with E-state index in [0.29, 0.717) is 24.0 Å². The van der Waals surface area contributed by atoms with Gasteiger partial charge in [-0.3, -0.25) is 5.41 Å². The molecular weight excluding hydrogens is 462 g/mol. The second-order valence-corrected chi connectivity index (χ2v) is 10.1. The van der Waals surface area contributed by atoms with Crippen molar-refractivity contribution in [3.8, 4) is 11.1 Å². The maximum absolute atomic E-state index is 12.0. The first-order chi connectivity index (χ1) is 16.6. The topological polar surface area (TPSA) is 165 Å². The first-order valence-corrected chi connectivity index (χ1v) is 12.8. The monoisotopic (exact) mass is 493 g/mol. The summed E-state index contributed by atoms with van der Waals surface area (Å²) in [5.41, 5.74) is 15.0. The third kappa shape index (κ3) is 6.91. The molecule has 0 aliphatic carbocycles. The quantitative estimate of drug-likeness (QED) is 0.216. The van der Waals surface area contributed by atoms with Crippen molar-refractivity contribution in [3.63, 3.8) is 0 Å². The van der Waals surface area contributed by atoms with Gasteiger partial charge in [0.1, 0.15) is 5.84 Å². The van der Waals surface area contributed by atoms with Crippen molar-refractivity contribution in [3.05, 3.63) is 89.5 Å². The fourth-order valence-corrected chi connectivity index (χ4v) is 5.08.